The van der Waals surface area contributed by atoms with Crippen molar-refractivity contribution in [2.24, 2.45) is 0 Å². The maximum Gasteiger partial charge on any atom is 0.246 e. The molecular weight excluding hydrogens is 328 g/mol. The molecule has 5 nitrogen and oxygen atoms in total. The summed E-state index contributed by atoms with van der Waals surface area (Å²) in [5.41, 5.74) is 0.650. The molecule has 2 aliphatic rings. The molecule has 0 bridgehead atoms. The van der Waals surface area contributed by atoms with E-state index in [2.05, 4.69) is 22.3 Å². The van der Waals surface area contributed by atoms with Crippen LogP contribution in [-0.4, -0.2) is 36.6 Å². The Labute approximate surface area is 145 Å². The fraction of sp³-hybridized carbons (Fsp3) is 0.389. The number of nitrogens with zero attached hydrogens (tertiary/aromatic N) is 1. The van der Waals surface area contributed by atoms with Gasteiger partial charge in [0.15, 0.2) is 5.22 Å². The van der Waals surface area contributed by atoms with Crippen molar-refractivity contribution in [3.63, 3.8) is 0 Å². The molecular formula is C18H19ClN2O3. The highest BCUT2D eigenvalue weighted by Gasteiger charge is 2.49. The molecule has 2 saturated heterocycles. The highest BCUT2D eigenvalue weighted by molar-refractivity contribution is 6.28. The normalized spacial score (nSPS) is 27.5. The van der Waals surface area contributed by atoms with Gasteiger partial charge in [-0.1, -0.05) is 30.3 Å². The molecule has 3 heterocycles. The van der Waals surface area contributed by atoms with Gasteiger partial charge in [0.1, 0.15) is 12.4 Å². The van der Waals surface area contributed by atoms with Crippen molar-refractivity contribution >= 4 is 17.5 Å². The summed E-state index contributed by atoms with van der Waals surface area (Å²) in [6.07, 6.45) is 0.707. The lowest BCUT2D eigenvalue weighted by Gasteiger charge is -2.50. The highest BCUT2D eigenvalue weighted by atomic mass is 35.5. The van der Waals surface area contributed by atoms with E-state index in [1.807, 2.05) is 24.3 Å². The molecule has 2 aliphatic heterocycles. The summed E-state index contributed by atoms with van der Waals surface area (Å²) in [5, 5.41) is 3.61. The highest BCUT2D eigenvalue weighted by Crippen LogP contribution is 2.37. The number of furan rings is 1. The third kappa shape index (κ3) is 2.83. The number of fused-ring (bicyclic) bond motifs is 1. The number of hydrogen-bond donors (Lipinski definition) is 1. The zero-order chi connectivity index (χ0) is 16.6. The van der Waals surface area contributed by atoms with E-state index in [1.165, 1.54) is 0 Å². The molecule has 1 aromatic carbocycles. The molecule has 0 unspecified atom stereocenters. The Morgan fingerprint density at radius 2 is 2.08 bits per heavy atom. The minimum Gasteiger partial charge on any atom is -0.448 e. The number of nitrogens with one attached hydrogen (secondary N) is 1. The summed E-state index contributed by atoms with van der Waals surface area (Å²) in [4.78, 5) is 14.3. The van der Waals surface area contributed by atoms with Gasteiger partial charge in [-0.15, -0.1) is 0 Å². The van der Waals surface area contributed by atoms with Crippen LogP contribution in [0.2, 0.25) is 5.22 Å². The quantitative estimate of drug-likeness (QED) is 0.928. The molecule has 0 aliphatic carbocycles. The van der Waals surface area contributed by atoms with Crippen LogP contribution in [-0.2, 0) is 21.6 Å². The lowest BCUT2D eigenvalue weighted by Crippen LogP contribution is -2.66. The van der Waals surface area contributed by atoms with Crippen molar-refractivity contribution < 1.29 is 13.9 Å². The molecule has 4 rings (SSSR count). The van der Waals surface area contributed by atoms with Gasteiger partial charge in [-0.3, -0.25) is 9.69 Å². The number of rotatable bonds is 3. The number of amides is 1. The van der Waals surface area contributed by atoms with E-state index in [9.17, 15) is 4.79 Å². The van der Waals surface area contributed by atoms with Gasteiger partial charge in [-0.05, 0) is 35.7 Å². The van der Waals surface area contributed by atoms with Crippen LogP contribution in [0.25, 0.3) is 0 Å². The molecule has 0 radical (unpaired) electrons. The second-order valence-corrected chi connectivity index (χ2v) is 6.75. The van der Waals surface area contributed by atoms with Gasteiger partial charge in [0.25, 0.3) is 0 Å². The summed E-state index contributed by atoms with van der Waals surface area (Å²) in [6, 6.07) is 13.7. The van der Waals surface area contributed by atoms with Gasteiger partial charge in [0.2, 0.25) is 5.91 Å². The summed E-state index contributed by atoms with van der Waals surface area (Å²) in [5.74, 6) is 0.786. The summed E-state index contributed by atoms with van der Waals surface area (Å²) < 4.78 is 11.4. The molecule has 2 aromatic rings. The van der Waals surface area contributed by atoms with Crippen molar-refractivity contribution in [1.29, 1.82) is 0 Å². The van der Waals surface area contributed by atoms with Crippen LogP contribution < -0.4 is 5.32 Å². The summed E-state index contributed by atoms with van der Waals surface area (Å²) in [7, 11) is 0. The SMILES string of the molecule is O=C1CO[C@@H]2CN(Cc3ccc(Cl)o3)CC[C@@]2(c2ccccc2)N1. The smallest absolute Gasteiger partial charge is 0.246 e. The predicted octanol–water partition coefficient (Wildman–Crippen LogP) is 2.55. The number of ether oxygens (including phenoxy) is 1. The third-order valence-corrected chi connectivity index (χ3v) is 5.07. The first kappa shape index (κ1) is 15.7. The molecule has 0 saturated carbocycles. The topological polar surface area (TPSA) is 54.7 Å². The number of likely N-dealkylation sites (tertiary alicyclic amines) is 1. The second kappa shape index (κ2) is 6.24. The first-order valence-corrected chi connectivity index (χ1v) is 8.48. The molecule has 6 heteroatoms. The van der Waals surface area contributed by atoms with E-state index in [0.717, 1.165) is 30.8 Å². The van der Waals surface area contributed by atoms with Crippen LogP contribution in [0.5, 0.6) is 0 Å². The van der Waals surface area contributed by atoms with Crippen LogP contribution in [0.15, 0.2) is 46.9 Å². The Balaban J connectivity index is 1.56. The Morgan fingerprint density at radius 1 is 1.25 bits per heavy atom. The number of hydrogen-bond acceptors (Lipinski definition) is 4. The van der Waals surface area contributed by atoms with Crippen LogP contribution in [0, 0.1) is 0 Å². The number of morpholine rings is 1. The summed E-state index contributed by atoms with van der Waals surface area (Å²) >= 11 is 5.85. The average Bonchev–Trinajstić information content (AvgIpc) is 3.01. The molecule has 24 heavy (non-hydrogen) atoms. The molecule has 0 spiro atoms. The Kier molecular flexibility index (Phi) is 4.08. The van der Waals surface area contributed by atoms with Crippen molar-refractivity contribution in [3.8, 4) is 0 Å². The molecule has 1 N–H and O–H groups in total. The van der Waals surface area contributed by atoms with E-state index < -0.39 is 5.54 Å². The minimum absolute atomic E-state index is 0.0543. The molecule has 1 amide bonds. The zero-order valence-electron chi connectivity index (χ0n) is 13.2. The van der Waals surface area contributed by atoms with Gasteiger partial charge in [0.05, 0.1) is 18.2 Å². The lowest BCUT2D eigenvalue weighted by atomic mass is 9.77. The Bertz CT molecular complexity index is 733. The average molecular weight is 347 g/mol. The monoisotopic (exact) mass is 346 g/mol. The van der Waals surface area contributed by atoms with Gasteiger partial charge in [-0.2, -0.15) is 0 Å². The van der Waals surface area contributed by atoms with Crippen LogP contribution in [0.4, 0.5) is 0 Å². The first-order valence-electron chi connectivity index (χ1n) is 8.10. The molecule has 126 valence electrons. The number of piperidine rings is 1. The van der Waals surface area contributed by atoms with Gasteiger partial charge in [0, 0.05) is 13.1 Å². The number of halogens is 1. The largest absolute Gasteiger partial charge is 0.448 e. The van der Waals surface area contributed by atoms with E-state index in [-0.39, 0.29) is 18.6 Å². The van der Waals surface area contributed by atoms with Crippen molar-refractivity contribution in [1.82, 2.24) is 10.2 Å². The minimum atomic E-state index is -0.450. The second-order valence-electron chi connectivity index (χ2n) is 6.38. The van der Waals surface area contributed by atoms with Gasteiger partial charge < -0.3 is 14.5 Å². The Morgan fingerprint density at radius 3 is 2.83 bits per heavy atom. The standard InChI is InChI=1S/C18H19ClN2O3/c19-16-7-6-14(24-16)10-21-9-8-18(13-4-2-1-3-5-13)15(11-21)23-12-17(22)20-18/h1-7,15H,8-12H2,(H,20,22)/t15-,18+/m1/s1. The van der Waals surface area contributed by atoms with Gasteiger partial charge in [-0.25, -0.2) is 0 Å². The maximum atomic E-state index is 12.0. The lowest BCUT2D eigenvalue weighted by molar-refractivity contribution is -0.153. The van der Waals surface area contributed by atoms with E-state index in [4.69, 9.17) is 20.8 Å². The zero-order valence-corrected chi connectivity index (χ0v) is 14.0. The molecule has 2 atom stereocenters. The predicted molar refractivity (Wildman–Crippen MR) is 89.6 cm³/mol. The van der Waals surface area contributed by atoms with Crippen LogP contribution in [0.1, 0.15) is 17.7 Å². The van der Waals surface area contributed by atoms with Crippen molar-refractivity contribution in [3.05, 3.63) is 59.0 Å². The fourth-order valence-corrected chi connectivity index (χ4v) is 3.88. The van der Waals surface area contributed by atoms with Crippen LogP contribution in [0.3, 0.4) is 0 Å². The first-order chi connectivity index (χ1) is 11.7. The van der Waals surface area contributed by atoms with E-state index >= 15 is 0 Å². The number of carbonyl (C=O) groups is 1. The molecule has 1 aromatic heterocycles. The fourth-order valence-electron chi connectivity index (χ4n) is 3.71. The Hall–Kier alpha value is -1.82. The van der Waals surface area contributed by atoms with E-state index in [0.29, 0.717) is 11.8 Å². The van der Waals surface area contributed by atoms with Crippen molar-refractivity contribution in [2.75, 3.05) is 19.7 Å². The number of benzene rings is 1. The number of carbonyl (C=O) groups excluding carboxylic acids is 1. The van der Waals surface area contributed by atoms with Gasteiger partial charge >= 0.3 is 0 Å². The van der Waals surface area contributed by atoms with Crippen LogP contribution >= 0.6 is 11.6 Å². The summed E-state index contributed by atoms with van der Waals surface area (Å²) in [6.45, 7) is 2.37. The molecule has 2 fully saturated rings. The maximum absolute atomic E-state index is 12.0. The van der Waals surface area contributed by atoms with E-state index in [1.54, 1.807) is 6.07 Å². The van der Waals surface area contributed by atoms with Crippen molar-refractivity contribution in [2.45, 2.75) is 24.6 Å². The third-order valence-electron chi connectivity index (χ3n) is 4.87.